The van der Waals surface area contributed by atoms with Gasteiger partial charge in [0.25, 0.3) is 5.91 Å². The smallest absolute Gasteiger partial charge is 0.264 e. The molecule has 0 aromatic heterocycles. The summed E-state index contributed by atoms with van der Waals surface area (Å²) in [7, 11) is 0. The summed E-state index contributed by atoms with van der Waals surface area (Å²) in [6.45, 7) is 0.198. The monoisotopic (exact) mass is 266 g/mol. The lowest BCUT2D eigenvalue weighted by Gasteiger charge is -1.94. The molecule has 4 nitrogen and oxygen atoms in total. The van der Waals surface area contributed by atoms with Gasteiger partial charge in [-0.25, -0.2) is 4.39 Å². The fraction of sp³-hybridized carbons (Fsp3) is 0.167. The first kappa shape index (κ1) is 12.8. The van der Waals surface area contributed by atoms with Gasteiger partial charge in [-0.1, -0.05) is 12.1 Å². The lowest BCUT2D eigenvalue weighted by atomic mass is 10.2. The number of carbonyl (C=O) groups is 1. The number of hydrogen-bond donors (Lipinski definition) is 2. The number of nitrogens with zero attached hydrogens (tertiary/aromatic N) is 1. The van der Waals surface area contributed by atoms with Gasteiger partial charge in [-0.15, -0.1) is 0 Å². The predicted molar refractivity (Wildman–Crippen MR) is 69.5 cm³/mol. The van der Waals surface area contributed by atoms with E-state index in [9.17, 15) is 9.18 Å². The second-order valence-electron chi connectivity index (χ2n) is 3.53. The van der Waals surface area contributed by atoms with Crippen molar-refractivity contribution < 1.29 is 14.3 Å². The first-order valence-corrected chi connectivity index (χ1v) is 6.12. The number of nitrogens with one attached hydrogen (secondary N) is 1. The summed E-state index contributed by atoms with van der Waals surface area (Å²) in [5.41, 5.74) is 0.748. The summed E-state index contributed by atoms with van der Waals surface area (Å²) in [6, 6.07) is 5.87. The van der Waals surface area contributed by atoms with Gasteiger partial charge in [0.1, 0.15) is 5.82 Å². The van der Waals surface area contributed by atoms with Crippen LogP contribution >= 0.6 is 11.8 Å². The average molecular weight is 266 g/mol. The normalized spacial score (nSPS) is 19.6. The maximum absolute atomic E-state index is 12.7. The third-order valence-corrected chi connectivity index (χ3v) is 3.12. The number of carbonyl (C=O) groups excluding carboxylic acids is 1. The highest BCUT2D eigenvalue weighted by Crippen LogP contribution is 2.25. The molecule has 1 aliphatic rings. The molecule has 1 aliphatic heterocycles. The summed E-state index contributed by atoms with van der Waals surface area (Å²) in [6.07, 6.45) is 1.67. The van der Waals surface area contributed by atoms with E-state index in [4.69, 9.17) is 5.11 Å². The SMILES string of the molecule is O=C1NC(=NCCO)S/C1=C\c1ccc(F)cc1. The maximum atomic E-state index is 12.7. The molecule has 94 valence electrons. The Morgan fingerprint density at radius 2 is 2.11 bits per heavy atom. The molecular weight excluding hydrogens is 255 g/mol. The molecule has 0 spiro atoms. The van der Waals surface area contributed by atoms with Crippen LogP contribution in [0.1, 0.15) is 5.56 Å². The minimum absolute atomic E-state index is 0.0586. The van der Waals surface area contributed by atoms with Gasteiger partial charge < -0.3 is 10.4 Å². The molecule has 0 aliphatic carbocycles. The number of aliphatic imine (C=N–C) groups is 1. The summed E-state index contributed by atoms with van der Waals surface area (Å²) < 4.78 is 12.7. The zero-order valence-electron chi connectivity index (χ0n) is 9.39. The summed E-state index contributed by atoms with van der Waals surface area (Å²) in [5, 5.41) is 11.7. The van der Waals surface area contributed by atoms with Crippen molar-refractivity contribution in [3.05, 3.63) is 40.6 Å². The fourth-order valence-corrected chi connectivity index (χ4v) is 2.21. The van der Waals surface area contributed by atoms with Crippen molar-refractivity contribution >= 4 is 28.9 Å². The van der Waals surface area contributed by atoms with Gasteiger partial charge in [-0.3, -0.25) is 9.79 Å². The Bertz CT molecular complexity index is 511. The Kier molecular flexibility index (Phi) is 4.11. The highest BCUT2D eigenvalue weighted by molar-refractivity contribution is 8.18. The Hall–Kier alpha value is -1.66. The number of aliphatic hydroxyl groups is 1. The Balaban J connectivity index is 2.14. The Morgan fingerprint density at radius 3 is 2.78 bits per heavy atom. The highest BCUT2D eigenvalue weighted by Gasteiger charge is 2.23. The minimum Gasteiger partial charge on any atom is -0.394 e. The van der Waals surface area contributed by atoms with Crippen LogP contribution in [0.25, 0.3) is 6.08 Å². The molecule has 1 aromatic rings. The standard InChI is InChI=1S/C12H11FN2O2S/c13-9-3-1-8(2-4-9)7-10-11(17)15-12(18-10)14-5-6-16/h1-4,7,16H,5-6H2,(H,14,15,17)/b10-7-. The van der Waals surface area contributed by atoms with Gasteiger partial charge in [0.05, 0.1) is 18.1 Å². The van der Waals surface area contributed by atoms with Crippen molar-refractivity contribution in [2.45, 2.75) is 0 Å². The van der Waals surface area contributed by atoms with Crippen molar-refractivity contribution in [2.24, 2.45) is 4.99 Å². The lowest BCUT2D eigenvalue weighted by Crippen LogP contribution is -2.20. The first-order chi connectivity index (χ1) is 8.69. The van der Waals surface area contributed by atoms with Crippen molar-refractivity contribution in [1.82, 2.24) is 5.32 Å². The van der Waals surface area contributed by atoms with Crippen LogP contribution < -0.4 is 5.32 Å². The molecule has 0 saturated carbocycles. The van der Waals surface area contributed by atoms with Crippen LogP contribution in [0.2, 0.25) is 0 Å². The fourth-order valence-electron chi connectivity index (χ4n) is 1.36. The molecule has 0 atom stereocenters. The van der Waals surface area contributed by atoms with Crippen LogP contribution in [-0.2, 0) is 4.79 Å². The number of thioether (sulfide) groups is 1. The molecule has 1 heterocycles. The van der Waals surface area contributed by atoms with Crippen LogP contribution in [0.4, 0.5) is 4.39 Å². The van der Waals surface area contributed by atoms with Crippen molar-refractivity contribution in [1.29, 1.82) is 0 Å². The van der Waals surface area contributed by atoms with E-state index in [0.29, 0.717) is 10.1 Å². The minimum atomic E-state index is -0.314. The number of benzene rings is 1. The van der Waals surface area contributed by atoms with Gasteiger partial charge in [0.2, 0.25) is 0 Å². The van der Waals surface area contributed by atoms with Gasteiger partial charge in [0.15, 0.2) is 5.17 Å². The molecule has 0 bridgehead atoms. The van der Waals surface area contributed by atoms with Crippen LogP contribution in [0, 0.1) is 5.82 Å². The number of hydrogen-bond acceptors (Lipinski definition) is 4. The third kappa shape index (κ3) is 3.18. The van der Waals surface area contributed by atoms with E-state index in [1.807, 2.05) is 0 Å². The van der Waals surface area contributed by atoms with Crippen LogP contribution in [-0.4, -0.2) is 29.3 Å². The van der Waals surface area contributed by atoms with E-state index in [0.717, 1.165) is 5.56 Å². The van der Waals surface area contributed by atoms with Crippen molar-refractivity contribution in [3.63, 3.8) is 0 Å². The van der Waals surface area contributed by atoms with E-state index < -0.39 is 0 Å². The number of amides is 1. The van der Waals surface area contributed by atoms with Crippen LogP contribution in [0.3, 0.4) is 0 Å². The molecule has 1 aromatic carbocycles. The molecule has 1 amide bonds. The van der Waals surface area contributed by atoms with Crippen LogP contribution in [0.5, 0.6) is 0 Å². The Labute approximate surface area is 108 Å². The summed E-state index contributed by atoms with van der Waals surface area (Å²) >= 11 is 1.20. The molecule has 2 rings (SSSR count). The summed E-state index contributed by atoms with van der Waals surface area (Å²) in [5.74, 6) is -0.549. The van der Waals surface area contributed by atoms with E-state index in [1.54, 1.807) is 18.2 Å². The highest BCUT2D eigenvalue weighted by atomic mass is 32.2. The zero-order chi connectivity index (χ0) is 13.0. The van der Waals surface area contributed by atoms with Gasteiger partial charge in [0, 0.05) is 0 Å². The first-order valence-electron chi connectivity index (χ1n) is 5.31. The molecule has 2 N–H and O–H groups in total. The topological polar surface area (TPSA) is 61.7 Å². The average Bonchev–Trinajstić information content (AvgIpc) is 2.70. The lowest BCUT2D eigenvalue weighted by molar-refractivity contribution is -0.115. The number of aliphatic hydroxyl groups excluding tert-OH is 1. The zero-order valence-corrected chi connectivity index (χ0v) is 10.2. The van der Waals surface area contributed by atoms with Crippen LogP contribution in [0.15, 0.2) is 34.2 Å². The van der Waals surface area contributed by atoms with Gasteiger partial charge >= 0.3 is 0 Å². The molecular formula is C12H11FN2O2S. The largest absolute Gasteiger partial charge is 0.394 e. The quantitative estimate of drug-likeness (QED) is 0.812. The number of halogens is 1. The van der Waals surface area contributed by atoms with Crippen molar-refractivity contribution in [2.75, 3.05) is 13.2 Å². The van der Waals surface area contributed by atoms with E-state index in [2.05, 4.69) is 10.3 Å². The number of amidine groups is 1. The predicted octanol–water partition coefficient (Wildman–Crippen LogP) is 1.38. The Morgan fingerprint density at radius 1 is 1.39 bits per heavy atom. The van der Waals surface area contributed by atoms with E-state index in [-0.39, 0.29) is 24.9 Å². The molecule has 18 heavy (non-hydrogen) atoms. The van der Waals surface area contributed by atoms with E-state index in [1.165, 1.54) is 23.9 Å². The molecule has 6 heteroatoms. The molecule has 1 fully saturated rings. The summed E-state index contributed by atoms with van der Waals surface area (Å²) in [4.78, 5) is 16.1. The van der Waals surface area contributed by atoms with E-state index >= 15 is 0 Å². The molecule has 0 radical (unpaired) electrons. The molecule has 0 unspecified atom stereocenters. The second-order valence-corrected chi connectivity index (χ2v) is 4.56. The van der Waals surface area contributed by atoms with Gasteiger partial charge in [-0.2, -0.15) is 0 Å². The third-order valence-electron chi connectivity index (χ3n) is 2.17. The number of rotatable bonds is 3. The van der Waals surface area contributed by atoms with Gasteiger partial charge in [-0.05, 0) is 35.5 Å². The maximum Gasteiger partial charge on any atom is 0.264 e. The van der Waals surface area contributed by atoms with Crippen molar-refractivity contribution in [3.8, 4) is 0 Å². The molecule has 1 saturated heterocycles. The second kappa shape index (κ2) is 5.79.